The third-order valence-corrected chi connectivity index (χ3v) is 24.7. The van der Waals surface area contributed by atoms with Crippen molar-refractivity contribution in [2.45, 2.75) is 178 Å². The second-order valence-electron chi connectivity index (χ2n) is 31.5. The minimum atomic E-state index is -5.02. The van der Waals surface area contributed by atoms with Crippen LogP contribution in [0.1, 0.15) is 80.5 Å². The number of hydrogen-bond acceptors (Lipinski definition) is 24. The lowest BCUT2D eigenvalue weighted by atomic mass is 10.1. The van der Waals surface area contributed by atoms with Crippen LogP contribution in [0.4, 0.5) is 0 Å². The van der Waals surface area contributed by atoms with E-state index in [1.807, 2.05) is 334 Å². The lowest BCUT2D eigenvalue weighted by Gasteiger charge is -2.35. The van der Waals surface area contributed by atoms with Crippen LogP contribution in [-0.4, -0.2) is 153 Å². The van der Waals surface area contributed by atoms with Crippen LogP contribution in [0.25, 0.3) is 0 Å². The van der Waals surface area contributed by atoms with Crippen LogP contribution in [0.2, 0.25) is 0 Å². The summed E-state index contributed by atoms with van der Waals surface area (Å²) < 4.78 is 175. The molecule has 26 heteroatoms. The molecule has 690 valence electrons. The van der Waals surface area contributed by atoms with Crippen LogP contribution in [0.3, 0.4) is 0 Å². The highest BCUT2D eigenvalue weighted by Gasteiger charge is 2.53. The number of methoxy groups -OCH3 is 2. The molecule has 24 nitrogen and oxygen atoms in total. The predicted octanol–water partition coefficient (Wildman–Crippen LogP) is 19.2. The molecule has 11 aromatic rings. The second kappa shape index (κ2) is 54.9. The predicted molar refractivity (Wildman–Crippen MR) is 491 cm³/mol. The summed E-state index contributed by atoms with van der Waals surface area (Å²) in [6.45, 7) is -0.154. The van der Waals surface area contributed by atoms with E-state index in [2.05, 4.69) is 0 Å². The number of hydrogen-bond donors (Lipinski definition) is 1. The first-order chi connectivity index (χ1) is 64.0. The van der Waals surface area contributed by atoms with Crippen molar-refractivity contribution in [1.82, 2.24) is 0 Å². The van der Waals surface area contributed by atoms with Crippen molar-refractivity contribution in [3.8, 4) is 0 Å². The summed E-state index contributed by atoms with van der Waals surface area (Å²) in [5, 5.41) is 0. The third kappa shape index (κ3) is 32.7. The molecule has 2 aliphatic heterocycles. The average molecular weight is 1820 g/mol. The van der Waals surface area contributed by atoms with Crippen LogP contribution in [-0.2, 0) is 180 Å². The van der Waals surface area contributed by atoms with Crippen molar-refractivity contribution in [2.75, 3.05) is 67.0 Å². The molecule has 0 bridgehead atoms. The summed E-state index contributed by atoms with van der Waals surface area (Å²) in [6.07, 6.45) is -12.8. The zero-order valence-electron chi connectivity index (χ0n) is 73.8. The Morgan fingerprint density at radius 1 is 0.277 bits per heavy atom. The van der Waals surface area contributed by atoms with Gasteiger partial charge in [-0.15, -0.1) is 0 Å². The molecule has 2 aliphatic rings. The largest absolute Gasteiger partial charge is 0.475 e. The third-order valence-electron chi connectivity index (χ3n) is 21.9. The van der Waals surface area contributed by atoms with Crippen molar-refractivity contribution in [2.24, 2.45) is 5.73 Å². The molecule has 16 atom stereocenters. The van der Waals surface area contributed by atoms with E-state index in [0.717, 1.165) is 68.5 Å². The maximum atomic E-state index is 16.9. The number of nitrogens with two attached hydrogens (primary N) is 1. The van der Waals surface area contributed by atoms with Crippen molar-refractivity contribution >= 4 is 15.6 Å². The minimum absolute atomic E-state index is 0.0164. The Hall–Kier alpha value is -9.00. The second-order valence-corrected chi connectivity index (χ2v) is 34.8. The standard InChI is InChI=1S/C104H121NO23P2/c1-108-101-99(118-71-88-55-31-11-32-56-88)95(74-110-63-80-39-15-3-16-40-80)126-103(101)119-76-91(112-65-82-43-19-5-20-44-82)98(117-70-87-53-29-10-30-54-87)94(115-68-85-49-25-8-26-50-85)79-125-130(107,123-73-90-59-35-13-36-60-90)128-100-96(75-111-64-81-41-17-4-18-42-81)127-104(102(100)109-2)120-77-92(113-66-83-45-21-6-22-46-83)97(116-69-86-51-27-9-28-52-86)93(114-67-84-47-23-7-24-48-84)78-124-129(106,121-62-38-14-37-61-105)122-72-89-57-33-12-34-58-89/h3-13,15-36,39-60,91-104H,14,37-38,61-79,105H2,1-2H3. The fraction of sp³-hybridized carbons (Fsp3) is 0.365. The summed E-state index contributed by atoms with van der Waals surface area (Å²) in [5.41, 5.74) is 15.1. The maximum absolute atomic E-state index is 16.9. The summed E-state index contributed by atoms with van der Waals surface area (Å²) in [5.74, 6) is 0. The van der Waals surface area contributed by atoms with E-state index in [1.165, 1.54) is 7.11 Å². The summed E-state index contributed by atoms with van der Waals surface area (Å²) >= 11 is 0. The molecule has 0 spiro atoms. The first kappa shape index (κ1) is 98.5. The molecule has 2 heterocycles. The van der Waals surface area contributed by atoms with E-state index in [-0.39, 0.29) is 99.1 Å². The maximum Gasteiger partial charge on any atom is 0.475 e. The quantitative estimate of drug-likeness (QED) is 0.0274. The van der Waals surface area contributed by atoms with Gasteiger partial charge in [0.1, 0.15) is 73.2 Å². The van der Waals surface area contributed by atoms with Gasteiger partial charge in [-0.3, -0.25) is 27.1 Å². The Morgan fingerprint density at radius 2 is 0.554 bits per heavy atom. The molecule has 0 aliphatic carbocycles. The lowest BCUT2D eigenvalue weighted by Crippen LogP contribution is -2.48. The molecule has 0 aromatic heterocycles. The van der Waals surface area contributed by atoms with Gasteiger partial charge >= 0.3 is 15.6 Å². The molecule has 0 radical (unpaired) electrons. The van der Waals surface area contributed by atoms with E-state index in [4.69, 9.17) is 104 Å². The molecule has 0 amide bonds. The Balaban J connectivity index is 0.841. The first-order valence-corrected chi connectivity index (χ1v) is 47.3. The molecular weight excluding hydrogens is 1690 g/mol. The van der Waals surface area contributed by atoms with Gasteiger partial charge in [-0.05, 0) is 87.0 Å². The SMILES string of the molecule is COC1C(OCC(OCc2ccccc2)C(OCc2ccccc2)C(COP(=O)(OCc2ccccc2)OC2C(COCc3ccccc3)OC(OCC(OCc3ccccc3)C(OCc3ccccc3)C(COP(=O)(OCCCCCN)OCc3ccccc3)OCc3ccccc3)C2OC)OCc2ccccc2)OC(COCc2ccccc2)C1OCc1ccccc1. The number of phosphoric ester groups is 2. The van der Waals surface area contributed by atoms with Gasteiger partial charge in [0.25, 0.3) is 0 Å². The number of ether oxygens (including phenoxy) is 15. The molecule has 2 fully saturated rings. The average Bonchev–Trinajstić information content (AvgIpc) is 1.44. The summed E-state index contributed by atoms with van der Waals surface area (Å²) in [7, 11) is -6.34. The zero-order valence-corrected chi connectivity index (χ0v) is 75.5. The van der Waals surface area contributed by atoms with E-state index >= 15 is 9.13 Å². The molecule has 130 heavy (non-hydrogen) atoms. The molecule has 2 N–H and O–H groups in total. The molecule has 16 unspecified atom stereocenters. The number of phosphoric acid groups is 2. The topological polar surface area (TPSA) is 254 Å². The molecule has 11 aromatic carbocycles. The van der Waals surface area contributed by atoms with E-state index in [0.29, 0.717) is 25.1 Å². The Labute approximate surface area is 764 Å². The van der Waals surface area contributed by atoms with E-state index in [9.17, 15) is 0 Å². The van der Waals surface area contributed by atoms with Gasteiger partial charge in [-0.1, -0.05) is 334 Å². The Bertz CT molecular complexity index is 4940. The molecule has 2 saturated heterocycles. The monoisotopic (exact) mass is 1810 g/mol. The Kier molecular flexibility index (Phi) is 41.6. The van der Waals surface area contributed by atoms with Gasteiger partial charge < -0.3 is 76.8 Å². The van der Waals surface area contributed by atoms with Crippen LogP contribution in [0.15, 0.2) is 334 Å². The highest BCUT2D eigenvalue weighted by atomic mass is 31.2. The van der Waals surface area contributed by atoms with E-state index < -0.39 is 115 Å². The summed E-state index contributed by atoms with van der Waals surface area (Å²) in [6, 6.07) is 106. The molecular formula is C104H121NO23P2. The highest BCUT2D eigenvalue weighted by molar-refractivity contribution is 7.48. The van der Waals surface area contributed by atoms with Gasteiger partial charge in [0.15, 0.2) is 12.6 Å². The van der Waals surface area contributed by atoms with Crippen LogP contribution < -0.4 is 5.73 Å². The van der Waals surface area contributed by atoms with Gasteiger partial charge in [-0.25, -0.2) is 9.13 Å². The van der Waals surface area contributed by atoms with Gasteiger partial charge in [0.2, 0.25) is 0 Å². The lowest BCUT2D eigenvalue weighted by molar-refractivity contribution is -0.219. The molecule has 0 saturated carbocycles. The normalized spacial score (nSPS) is 19.8. The van der Waals surface area contributed by atoms with E-state index in [1.54, 1.807) is 7.11 Å². The fourth-order valence-electron chi connectivity index (χ4n) is 14.9. The van der Waals surface area contributed by atoms with Crippen LogP contribution >= 0.6 is 15.6 Å². The fourth-order valence-corrected chi connectivity index (χ4v) is 17.5. The molecule has 13 rings (SSSR count). The van der Waals surface area contributed by atoms with Crippen molar-refractivity contribution in [3.05, 3.63) is 395 Å². The van der Waals surface area contributed by atoms with Gasteiger partial charge in [0.05, 0.1) is 119 Å². The van der Waals surface area contributed by atoms with Crippen molar-refractivity contribution < 1.29 is 107 Å². The van der Waals surface area contributed by atoms with Crippen molar-refractivity contribution in [1.29, 1.82) is 0 Å². The van der Waals surface area contributed by atoms with Crippen LogP contribution in [0.5, 0.6) is 0 Å². The zero-order chi connectivity index (χ0) is 89.7. The highest BCUT2D eigenvalue weighted by Crippen LogP contribution is 2.55. The van der Waals surface area contributed by atoms with Gasteiger partial charge in [0, 0.05) is 14.2 Å². The number of rotatable bonds is 61. The van der Waals surface area contributed by atoms with Crippen LogP contribution in [0, 0.1) is 0 Å². The van der Waals surface area contributed by atoms with Gasteiger partial charge in [-0.2, -0.15) is 0 Å². The Morgan fingerprint density at radius 3 is 0.885 bits per heavy atom. The number of benzene rings is 11. The van der Waals surface area contributed by atoms with Crippen molar-refractivity contribution in [3.63, 3.8) is 0 Å². The summed E-state index contributed by atoms with van der Waals surface area (Å²) in [4.78, 5) is 0. The number of unbranched alkanes of at least 4 members (excludes halogenated alkanes) is 2. The first-order valence-electron chi connectivity index (χ1n) is 44.3. The minimum Gasteiger partial charge on any atom is -0.374 e. The smallest absolute Gasteiger partial charge is 0.374 e.